The predicted octanol–water partition coefficient (Wildman–Crippen LogP) is 0.712. The summed E-state index contributed by atoms with van der Waals surface area (Å²) in [5.41, 5.74) is 6.02. The zero-order valence-electron chi connectivity index (χ0n) is 37.6. The Morgan fingerprint density at radius 3 is 1.82 bits per heavy atom. The molecule has 0 aliphatic carbocycles. The summed E-state index contributed by atoms with van der Waals surface area (Å²) in [6, 6.07) is -1.15. The first-order valence-corrected chi connectivity index (χ1v) is 22.3. The van der Waals surface area contributed by atoms with Gasteiger partial charge in [0, 0.05) is 37.5 Å². The van der Waals surface area contributed by atoms with Crippen molar-refractivity contribution in [2.45, 2.75) is 177 Å². The highest BCUT2D eigenvalue weighted by molar-refractivity contribution is 5.71. The minimum Gasteiger partial charge on any atom is -0.481 e. The highest BCUT2D eigenvalue weighted by Crippen LogP contribution is 2.38. The summed E-state index contributed by atoms with van der Waals surface area (Å²) in [6.07, 6.45) is 3.46. The molecule has 0 unspecified atom stereocenters. The Morgan fingerprint density at radius 2 is 1.23 bits per heavy atom. The number of hydrogen-bond acceptors (Lipinski definition) is 17. The van der Waals surface area contributed by atoms with E-state index < -0.39 is 147 Å². The number of cyclic esters (lactones) is 1. The van der Waals surface area contributed by atoms with Crippen LogP contribution in [0.5, 0.6) is 0 Å². The molecule has 65 heavy (non-hydrogen) atoms. The summed E-state index contributed by atoms with van der Waals surface area (Å²) in [5, 5.41) is 118. The SMILES string of the molecule is C[C@@H]1[C@H](O)[C@@H](C)C=CC=C/C=C\C=CC=CC=CC=C[C@H](O[C@@H]2O[C@H](C)[C@@H](O)[C@H](N)[C@@H]2O)C[C@@H]2O[C@](O)(C[C@@H](O)C[C@@H](O)[C@H](O)CC[C@@H](O)C[C@@H](O)CC(=O)O[C@H]1C)C[C@H](O)[C@H]2C(=O)O. The lowest BCUT2D eigenvalue weighted by Crippen LogP contribution is -2.61. The molecule has 0 spiro atoms. The monoisotopic (exact) mass is 923 g/mol. The van der Waals surface area contributed by atoms with Crippen LogP contribution in [0.15, 0.2) is 85.1 Å². The maximum Gasteiger partial charge on any atom is 0.311 e. The van der Waals surface area contributed by atoms with Crippen molar-refractivity contribution in [3.05, 3.63) is 85.1 Å². The maximum atomic E-state index is 12.6. The number of aliphatic hydroxyl groups is 10. The Hall–Kier alpha value is -3.44. The van der Waals surface area contributed by atoms with E-state index in [-0.39, 0.29) is 31.6 Å². The third-order valence-corrected chi connectivity index (χ3v) is 12.0. The second-order valence-electron chi connectivity index (χ2n) is 17.6. The van der Waals surface area contributed by atoms with Crippen LogP contribution in [0.1, 0.15) is 79.1 Å². The van der Waals surface area contributed by atoms with E-state index in [9.17, 15) is 65.8 Å². The number of hydrogen-bond donors (Lipinski definition) is 12. The average molecular weight is 924 g/mol. The molecule has 2 saturated heterocycles. The zero-order valence-corrected chi connectivity index (χ0v) is 37.6. The van der Waals surface area contributed by atoms with Crippen molar-refractivity contribution in [3.8, 4) is 0 Å². The van der Waals surface area contributed by atoms with Crippen molar-refractivity contribution < 1.29 is 84.7 Å². The standard InChI is InChI=1S/C47H73NO17/c1-27-17-15-13-11-9-7-5-6-8-10-12-14-16-18-34(64-46-44(58)41(48)43(57)30(4)63-46)24-38-40(45(59)60)37(54)26-47(61,65-38)25-33(51)22-36(53)35(52)20-19-31(49)21-32(50)23-39(55)62-29(3)28(2)42(27)56/h5-18,27-38,40-44,46,49-54,56-58,61H,19-26,48H2,1-4H3,(H,59,60)/b6-5?,9-7-,10-8?,13-11?,14-12?,17-15?,18-16?/t27-,28-,29-,30+,31+,32+,33-,34-,35+,36+,37-,38-,40+,41-,42+,43+,44-,46-,47+/m0/s1. The summed E-state index contributed by atoms with van der Waals surface area (Å²) in [7, 11) is 0. The molecule has 2 fully saturated rings. The second-order valence-corrected chi connectivity index (χ2v) is 17.6. The Labute approximate surface area is 381 Å². The smallest absolute Gasteiger partial charge is 0.311 e. The average Bonchev–Trinajstić information content (AvgIpc) is 3.21. The van der Waals surface area contributed by atoms with Gasteiger partial charge in [0.1, 0.15) is 18.1 Å². The number of allylic oxidation sites excluding steroid dienone is 12. The van der Waals surface area contributed by atoms with E-state index in [0.29, 0.717) is 0 Å². The fourth-order valence-corrected chi connectivity index (χ4v) is 7.97. The number of carbonyl (C=O) groups is 2. The molecule has 3 aliphatic heterocycles. The first-order chi connectivity index (χ1) is 30.6. The van der Waals surface area contributed by atoms with Gasteiger partial charge in [-0.25, -0.2) is 0 Å². The topological polar surface area (TPSA) is 320 Å². The Morgan fingerprint density at radius 1 is 0.662 bits per heavy atom. The molecule has 2 bridgehead atoms. The molecule has 13 N–H and O–H groups in total. The van der Waals surface area contributed by atoms with Crippen LogP contribution < -0.4 is 5.73 Å². The van der Waals surface area contributed by atoms with Crippen molar-refractivity contribution in [2.75, 3.05) is 0 Å². The largest absolute Gasteiger partial charge is 0.481 e. The molecule has 0 aromatic heterocycles. The van der Waals surface area contributed by atoms with Gasteiger partial charge >= 0.3 is 11.9 Å². The van der Waals surface area contributed by atoms with Crippen LogP contribution in [-0.2, 0) is 28.5 Å². The molecule has 0 aromatic rings. The van der Waals surface area contributed by atoms with Gasteiger partial charge in [0.25, 0.3) is 0 Å². The van der Waals surface area contributed by atoms with Crippen LogP contribution in [0, 0.1) is 17.8 Å². The van der Waals surface area contributed by atoms with Gasteiger partial charge in [0.15, 0.2) is 12.1 Å². The lowest BCUT2D eigenvalue weighted by Gasteiger charge is -2.45. The molecule has 0 radical (unpaired) electrons. The van der Waals surface area contributed by atoms with E-state index in [1.54, 1.807) is 80.7 Å². The van der Waals surface area contributed by atoms with Gasteiger partial charge in [0.05, 0.1) is 79.6 Å². The normalized spacial score (nSPS) is 42.5. The molecule has 0 aromatic carbocycles. The Bertz CT molecular complexity index is 1670. The van der Waals surface area contributed by atoms with Crippen molar-refractivity contribution in [2.24, 2.45) is 23.5 Å². The van der Waals surface area contributed by atoms with Gasteiger partial charge in [-0.3, -0.25) is 9.59 Å². The molecule has 19 atom stereocenters. The second kappa shape index (κ2) is 27.4. The van der Waals surface area contributed by atoms with Crippen LogP contribution in [0.2, 0.25) is 0 Å². The number of aliphatic carboxylic acids is 1. The molecule has 0 saturated carbocycles. The van der Waals surface area contributed by atoms with Gasteiger partial charge < -0.3 is 80.9 Å². The predicted molar refractivity (Wildman–Crippen MR) is 237 cm³/mol. The van der Waals surface area contributed by atoms with E-state index in [1.807, 2.05) is 19.1 Å². The maximum absolute atomic E-state index is 12.6. The molecular weight excluding hydrogens is 851 g/mol. The quantitative estimate of drug-likeness (QED) is 0.174. The van der Waals surface area contributed by atoms with Crippen LogP contribution in [-0.4, -0.2) is 166 Å². The number of carboxylic acids is 1. The molecule has 368 valence electrons. The van der Waals surface area contributed by atoms with Crippen molar-refractivity contribution in [1.29, 1.82) is 0 Å². The number of aliphatic hydroxyl groups excluding tert-OH is 9. The lowest BCUT2D eigenvalue weighted by atomic mass is 9.82. The van der Waals surface area contributed by atoms with E-state index in [1.165, 1.54) is 13.0 Å². The highest BCUT2D eigenvalue weighted by Gasteiger charge is 2.51. The fourth-order valence-electron chi connectivity index (χ4n) is 7.97. The molecule has 3 heterocycles. The fraction of sp³-hybridized carbons (Fsp3) is 0.660. The minimum atomic E-state index is -2.33. The van der Waals surface area contributed by atoms with E-state index in [0.717, 1.165) is 0 Å². The third-order valence-electron chi connectivity index (χ3n) is 12.0. The summed E-state index contributed by atoms with van der Waals surface area (Å²) >= 11 is 0. The number of nitrogens with two attached hydrogens (primary N) is 1. The number of rotatable bonds is 3. The van der Waals surface area contributed by atoms with Gasteiger partial charge in [-0.05, 0) is 33.1 Å². The lowest BCUT2D eigenvalue weighted by molar-refractivity contribution is -0.308. The van der Waals surface area contributed by atoms with E-state index in [2.05, 4.69) is 0 Å². The molecule has 0 amide bonds. The Kier molecular flexibility index (Phi) is 23.6. The van der Waals surface area contributed by atoms with Crippen molar-refractivity contribution in [1.82, 2.24) is 0 Å². The first-order valence-electron chi connectivity index (χ1n) is 22.3. The number of carboxylic acid groups (broad SMARTS) is 1. The van der Waals surface area contributed by atoms with Gasteiger partial charge in [-0.1, -0.05) is 98.9 Å². The third kappa shape index (κ3) is 18.6. The molecule has 18 nitrogen and oxygen atoms in total. The highest BCUT2D eigenvalue weighted by atomic mass is 16.7. The van der Waals surface area contributed by atoms with E-state index >= 15 is 0 Å². The van der Waals surface area contributed by atoms with Gasteiger partial charge in [0.2, 0.25) is 0 Å². The molecular formula is C47H73NO17. The van der Waals surface area contributed by atoms with Gasteiger partial charge in [-0.2, -0.15) is 0 Å². The molecule has 18 heteroatoms. The first kappa shape index (κ1) is 55.9. The van der Waals surface area contributed by atoms with E-state index in [4.69, 9.17) is 24.7 Å². The van der Waals surface area contributed by atoms with Crippen molar-refractivity contribution in [3.63, 3.8) is 0 Å². The number of ether oxygens (including phenoxy) is 4. The summed E-state index contributed by atoms with van der Waals surface area (Å²) in [6.45, 7) is 6.74. The number of fused-ring (bicyclic) bond motifs is 2. The summed E-state index contributed by atoms with van der Waals surface area (Å²) < 4.78 is 23.1. The number of esters is 1. The van der Waals surface area contributed by atoms with Crippen LogP contribution in [0.4, 0.5) is 0 Å². The summed E-state index contributed by atoms with van der Waals surface area (Å²) in [5.74, 6) is -6.83. The Balaban J connectivity index is 1.86. The van der Waals surface area contributed by atoms with Gasteiger partial charge in [-0.15, -0.1) is 0 Å². The minimum absolute atomic E-state index is 0.107. The van der Waals surface area contributed by atoms with Crippen LogP contribution in [0.25, 0.3) is 0 Å². The zero-order chi connectivity index (χ0) is 48.4. The number of carbonyl (C=O) groups excluding carboxylic acids is 1. The van der Waals surface area contributed by atoms with Crippen LogP contribution >= 0.6 is 0 Å². The molecule has 3 aliphatic rings. The summed E-state index contributed by atoms with van der Waals surface area (Å²) in [4.78, 5) is 25.1. The molecule has 3 rings (SSSR count). The van der Waals surface area contributed by atoms with Crippen LogP contribution in [0.3, 0.4) is 0 Å². The van der Waals surface area contributed by atoms with Crippen molar-refractivity contribution >= 4 is 11.9 Å².